The van der Waals surface area contributed by atoms with Gasteiger partial charge in [-0.3, -0.25) is 9.97 Å². The van der Waals surface area contributed by atoms with Crippen LogP contribution in [0.15, 0.2) is 67.3 Å². The van der Waals surface area contributed by atoms with E-state index in [1.54, 1.807) is 6.20 Å². The highest BCUT2D eigenvalue weighted by molar-refractivity contribution is 5.80. The summed E-state index contributed by atoms with van der Waals surface area (Å²) in [5.74, 6) is 0. The zero-order valence-electron chi connectivity index (χ0n) is 9.75. The number of aryl methyl sites for hydroxylation is 1. The smallest absolute Gasteiger partial charge is 0.0346 e. The van der Waals surface area contributed by atoms with Gasteiger partial charge in [-0.2, -0.15) is 0 Å². The summed E-state index contributed by atoms with van der Waals surface area (Å²) < 4.78 is 0. The summed E-state index contributed by atoms with van der Waals surface area (Å²) in [6, 6.07) is 14.1. The molecular weight excluding hydrogens is 208 g/mol. The van der Waals surface area contributed by atoms with Crippen LogP contribution >= 0.6 is 0 Å². The van der Waals surface area contributed by atoms with E-state index in [0.29, 0.717) is 0 Å². The molecule has 3 aromatic rings. The normalized spacial score (nSPS) is 9.47. The van der Waals surface area contributed by atoms with Gasteiger partial charge >= 0.3 is 0 Å². The Labute approximate surface area is 101 Å². The van der Waals surface area contributed by atoms with Gasteiger partial charge < -0.3 is 0 Å². The van der Waals surface area contributed by atoms with Gasteiger partial charge in [-0.25, -0.2) is 0 Å². The second-order valence-corrected chi connectivity index (χ2v) is 3.75. The highest BCUT2D eigenvalue weighted by Crippen LogP contribution is 2.09. The number of benzene rings is 1. The number of aromatic nitrogens is 2. The predicted molar refractivity (Wildman–Crippen MR) is 70.7 cm³/mol. The van der Waals surface area contributed by atoms with Gasteiger partial charge in [0.2, 0.25) is 0 Å². The first-order valence-electron chi connectivity index (χ1n) is 5.51. The average Bonchev–Trinajstić information content (AvgIpc) is 2.41. The first-order chi connectivity index (χ1) is 8.36. The molecule has 17 heavy (non-hydrogen) atoms. The van der Waals surface area contributed by atoms with Crippen molar-refractivity contribution in [3.05, 3.63) is 72.8 Å². The minimum Gasteiger partial charge on any atom is -0.264 e. The van der Waals surface area contributed by atoms with E-state index < -0.39 is 0 Å². The molecule has 1 aromatic carbocycles. The Kier molecular flexibility index (Phi) is 3.81. The summed E-state index contributed by atoms with van der Waals surface area (Å²) in [6.07, 6.45) is 7.28. The Hall–Kier alpha value is -2.22. The number of hydrogen-bond acceptors (Lipinski definition) is 2. The lowest BCUT2D eigenvalue weighted by Crippen LogP contribution is -1.71. The lowest BCUT2D eigenvalue weighted by atomic mass is 10.2. The molecule has 0 radical (unpaired) electrons. The van der Waals surface area contributed by atoms with Gasteiger partial charge in [-0.1, -0.05) is 30.3 Å². The summed E-state index contributed by atoms with van der Waals surface area (Å²) >= 11 is 0. The third-order valence-electron chi connectivity index (χ3n) is 2.36. The highest BCUT2D eigenvalue weighted by atomic mass is 14.6. The minimum atomic E-state index is 1.20. The molecule has 0 unspecified atom stereocenters. The monoisotopic (exact) mass is 222 g/mol. The lowest BCUT2D eigenvalue weighted by Gasteiger charge is -1.91. The quantitative estimate of drug-likeness (QED) is 0.580. The predicted octanol–water partition coefficient (Wildman–Crippen LogP) is 3.62. The largest absolute Gasteiger partial charge is 0.264 e. The summed E-state index contributed by atoms with van der Waals surface area (Å²) in [5.41, 5.74) is 1.21. The van der Waals surface area contributed by atoms with E-state index in [4.69, 9.17) is 0 Å². The van der Waals surface area contributed by atoms with Crippen molar-refractivity contribution in [3.63, 3.8) is 0 Å². The Balaban J connectivity index is 0.000000136. The van der Waals surface area contributed by atoms with Crippen LogP contribution in [0, 0.1) is 6.92 Å². The molecule has 0 bridgehead atoms. The minimum absolute atomic E-state index is 1.20. The van der Waals surface area contributed by atoms with Crippen molar-refractivity contribution in [2.75, 3.05) is 0 Å². The van der Waals surface area contributed by atoms with E-state index in [-0.39, 0.29) is 0 Å². The molecule has 0 atom stereocenters. The van der Waals surface area contributed by atoms with E-state index >= 15 is 0 Å². The van der Waals surface area contributed by atoms with Crippen molar-refractivity contribution in [3.8, 4) is 0 Å². The van der Waals surface area contributed by atoms with Crippen molar-refractivity contribution in [1.82, 2.24) is 9.97 Å². The van der Waals surface area contributed by atoms with Crippen LogP contribution in [0.5, 0.6) is 0 Å². The maximum Gasteiger partial charge on any atom is 0.0346 e. The molecular formula is C15H14N2. The van der Waals surface area contributed by atoms with E-state index in [0.717, 1.165) is 0 Å². The van der Waals surface area contributed by atoms with Crippen LogP contribution in [-0.4, -0.2) is 9.97 Å². The van der Waals surface area contributed by atoms with E-state index in [9.17, 15) is 0 Å². The Morgan fingerprint density at radius 3 is 2.06 bits per heavy atom. The molecule has 0 fully saturated rings. The molecule has 0 amide bonds. The third-order valence-corrected chi connectivity index (χ3v) is 2.36. The zero-order valence-corrected chi connectivity index (χ0v) is 9.75. The SMILES string of the molecule is Cc1cccnc1.c1ccc2cnccc2c1. The number of nitrogens with zero attached hydrogens (tertiary/aromatic N) is 2. The molecule has 2 nitrogen and oxygen atoms in total. The number of fused-ring (bicyclic) bond motifs is 1. The molecule has 0 aliphatic rings. The van der Waals surface area contributed by atoms with Gasteiger partial charge in [0.15, 0.2) is 0 Å². The summed E-state index contributed by atoms with van der Waals surface area (Å²) in [6.45, 7) is 2.02. The van der Waals surface area contributed by atoms with Gasteiger partial charge in [-0.05, 0) is 35.4 Å². The molecule has 0 aliphatic carbocycles. The molecule has 0 saturated heterocycles. The zero-order chi connectivity index (χ0) is 11.9. The Morgan fingerprint density at radius 1 is 0.706 bits per heavy atom. The number of rotatable bonds is 0. The van der Waals surface area contributed by atoms with Crippen LogP contribution in [0.4, 0.5) is 0 Å². The van der Waals surface area contributed by atoms with Crippen LogP contribution in [0.25, 0.3) is 10.8 Å². The molecule has 84 valence electrons. The van der Waals surface area contributed by atoms with E-state index in [2.05, 4.69) is 22.1 Å². The van der Waals surface area contributed by atoms with Crippen molar-refractivity contribution < 1.29 is 0 Å². The van der Waals surface area contributed by atoms with Crippen molar-refractivity contribution in [2.24, 2.45) is 0 Å². The highest BCUT2D eigenvalue weighted by Gasteiger charge is 1.86. The van der Waals surface area contributed by atoms with E-state index in [1.807, 2.05) is 55.8 Å². The maximum atomic E-state index is 4.01. The molecule has 2 heteroatoms. The van der Waals surface area contributed by atoms with Gasteiger partial charge in [0.25, 0.3) is 0 Å². The average molecular weight is 222 g/mol. The number of hydrogen-bond donors (Lipinski definition) is 0. The fraction of sp³-hybridized carbons (Fsp3) is 0.0667. The van der Waals surface area contributed by atoms with Gasteiger partial charge in [-0.15, -0.1) is 0 Å². The Morgan fingerprint density at radius 2 is 1.47 bits per heavy atom. The second kappa shape index (κ2) is 5.75. The second-order valence-electron chi connectivity index (χ2n) is 3.75. The Bertz CT molecular complexity index is 511. The first-order valence-corrected chi connectivity index (χ1v) is 5.51. The number of pyridine rings is 2. The van der Waals surface area contributed by atoms with E-state index in [1.165, 1.54) is 16.3 Å². The molecule has 3 rings (SSSR count). The van der Waals surface area contributed by atoms with Gasteiger partial charge in [0.05, 0.1) is 0 Å². The van der Waals surface area contributed by atoms with Gasteiger partial charge in [0.1, 0.15) is 0 Å². The van der Waals surface area contributed by atoms with Crippen molar-refractivity contribution in [1.29, 1.82) is 0 Å². The van der Waals surface area contributed by atoms with Crippen LogP contribution in [0.3, 0.4) is 0 Å². The maximum absolute atomic E-state index is 4.01. The van der Waals surface area contributed by atoms with Crippen LogP contribution in [0.2, 0.25) is 0 Å². The standard InChI is InChI=1S/C9H7N.C6H7N/c1-2-4-9-7-10-6-5-8(9)3-1;1-6-3-2-4-7-5-6/h1-7H;2-5H,1H3. The van der Waals surface area contributed by atoms with Crippen LogP contribution in [-0.2, 0) is 0 Å². The molecule has 2 heterocycles. The lowest BCUT2D eigenvalue weighted by molar-refractivity contribution is 1.27. The molecule has 0 aliphatic heterocycles. The van der Waals surface area contributed by atoms with Crippen LogP contribution in [0.1, 0.15) is 5.56 Å². The van der Waals surface area contributed by atoms with Gasteiger partial charge in [0, 0.05) is 24.8 Å². The van der Waals surface area contributed by atoms with Crippen molar-refractivity contribution >= 4 is 10.8 Å². The summed E-state index contributed by atoms with van der Waals surface area (Å²) in [5, 5.41) is 2.45. The topological polar surface area (TPSA) is 25.8 Å². The van der Waals surface area contributed by atoms with Crippen molar-refractivity contribution in [2.45, 2.75) is 6.92 Å². The fourth-order valence-corrected chi connectivity index (χ4v) is 1.48. The summed E-state index contributed by atoms with van der Waals surface area (Å²) in [4.78, 5) is 7.90. The van der Waals surface area contributed by atoms with Crippen LogP contribution < -0.4 is 0 Å². The third kappa shape index (κ3) is 3.38. The fourth-order valence-electron chi connectivity index (χ4n) is 1.48. The molecule has 0 spiro atoms. The molecule has 0 N–H and O–H groups in total. The summed E-state index contributed by atoms with van der Waals surface area (Å²) in [7, 11) is 0. The molecule has 0 saturated carbocycles. The molecule has 2 aromatic heterocycles. The first kappa shape index (κ1) is 11.3.